The summed E-state index contributed by atoms with van der Waals surface area (Å²) in [4.78, 5) is 22.6. The van der Waals surface area contributed by atoms with Crippen LogP contribution in [0.5, 0.6) is 0 Å². The van der Waals surface area contributed by atoms with Crippen molar-refractivity contribution in [2.75, 3.05) is 5.75 Å². The van der Waals surface area contributed by atoms with Crippen LogP contribution in [0.15, 0.2) is 9.64 Å². The first-order valence-corrected chi connectivity index (χ1v) is 7.81. The Hall–Kier alpha value is -1.77. The number of primary amides is 1. The molecule has 0 aromatic carbocycles. The molecule has 0 saturated carbocycles. The summed E-state index contributed by atoms with van der Waals surface area (Å²) in [5.41, 5.74) is 4.46. The van der Waals surface area contributed by atoms with E-state index in [2.05, 4.69) is 15.5 Å². The van der Waals surface area contributed by atoms with E-state index in [1.807, 2.05) is 13.8 Å². The number of nitrogens with two attached hydrogens (primary N) is 1. The van der Waals surface area contributed by atoms with Gasteiger partial charge in [0.1, 0.15) is 11.6 Å². The standard InChI is InChI=1S/C13H22N4O4S/c1-7(2)9(15-11(19)21-13(3,4)5)10-16-17-12(20-10)22-6-8(14)18/h7,9H,6H2,1-5H3,(H2,14,18)(H,15,19)/t9-/m1/s1. The number of amides is 2. The van der Waals surface area contributed by atoms with Gasteiger partial charge in [-0.2, -0.15) is 0 Å². The van der Waals surface area contributed by atoms with E-state index in [4.69, 9.17) is 14.9 Å². The first-order valence-electron chi connectivity index (χ1n) is 6.82. The van der Waals surface area contributed by atoms with Gasteiger partial charge in [-0.15, -0.1) is 10.2 Å². The van der Waals surface area contributed by atoms with E-state index in [1.165, 1.54) is 0 Å². The van der Waals surface area contributed by atoms with Crippen LogP contribution in [-0.4, -0.2) is 33.6 Å². The second-order valence-corrected chi connectivity index (χ2v) is 6.96. The molecule has 0 aliphatic carbocycles. The van der Waals surface area contributed by atoms with E-state index >= 15 is 0 Å². The fourth-order valence-electron chi connectivity index (χ4n) is 1.49. The minimum atomic E-state index is -0.594. The predicted molar refractivity (Wildman–Crippen MR) is 81.2 cm³/mol. The number of aromatic nitrogens is 2. The van der Waals surface area contributed by atoms with Crippen LogP contribution in [0.2, 0.25) is 0 Å². The maximum absolute atomic E-state index is 11.9. The van der Waals surface area contributed by atoms with Crippen LogP contribution >= 0.6 is 11.8 Å². The number of carbonyl (C=O) groups is 2. The summed E-state index contributed by atoms with van der Waals surface area (Å²) in [6, 6.07) is -0.481. The van der Waals surface area contributed by atoms with E-state index < -0.39 is 23.6 Å². The van der Waals surface area contributed by atoms with Crippen LogP contribution in [0, 0.1) is 5.92 Å². The zero-order valence-corrected chi connectivity index (χ0v) is 14.2. The van der Waals surface area contributed by atoms with Crippen LogP contribution < -0.4 is 11.1 Å². The zero-order chi connectivity index (χ0) is 16.9. The van der Waals surface area contributed by atoms with Crippen molar-refractivity contribution >= 4 is 23.8 Å². The molecule has 0 unspecified atom stereocenters. The van der Waals surface area contributed by atoms with Gasteiger partial charge in [0.25, 0.3) is 5.22 Å². The topological polar surface area (TPSA) is 120 Å². The number of thioether (sulfide) groups is 1. The molecule has 2 amide bonds. The summed E-state index contributed by atoms with van der Waals surface area (Å²) in [7, 11) is 0. The van der Waals surface area contributed by atoms with Gasteiger partial charge >= 0.3 is 6.09 Å². The number of rotatable bonds is 6. The number of hydrogen-bond acceptors (Lipinski definition) is 7. The monoisotopic (exact) mass is 330 g/mol. The molecule has 0 radical (unpaired) electrons. The van der Waals surface area contributed by atoms with Crippen LogP contribution in [-0.2, 0) is 9.53 Å². The van der Waals surface area contributed by atoms with E-state index in [9.17, 15) is 9.59 Å². The molecule has 8 nitrogen and oxygen atoms in total. The van der Waals surface area contributed by atoms with Crippen molar-refractivity contribution in [1.82, 2.24) is 15.5 Å². The molecule has 0 fully saturated rings. The first-order chi connectivity index (χ1) is 10.1. The van der Waals surface area contributed by atoms with Crippen molar-refractivity contribution in [3.63, 3.8) is 0 Å². The molecule has 9 heteroatoms. The van der Waals surface area contributed by atoms with Gasteiger partial charge in [-0.1, -0.05) is 25.6 Å². The largest absolute Gasteiger partial charge is 0.444 e. The van der Waals surface area contributed by atoms with Crippen LogP contribution in [0.25, 0.3) is 0 Å². The summed E-state index contributed by atoms with van der Waals surface area (Å²) in [5, 5.41) is 10.7. The lowest BCUT2D eigenvalue weighted by atomic mass is 10.1. The number of nitrogens with zero attached hydrogens (tertiary/aromatic N) is 2. The van der Waals surface area contributed by atoms with Gasteiger partial charge < -0.3 is 20.2 Å². The van der Waals surface area contributed by atoms with Gasteiger partial charge in [-0.3, -0.25) is 4.79 Å². The Labute approximate surface area is 133 Å². The molecule has 3 N–H and O–H groups in total. The molecule has 1 rings (SSSR count). The van der Waals surface area contributed by atoms with Gasteiger partial charge in [0.15, 0.2) is 0 Å². The Bertz CT molecular complexity index is 524. The van der Waals surface area contributed by atoms with Crippen molar-refractivity contribution in [2.24, 2.45) is 11.7 Å². The molecular formula is C13H22N4O4S. The fourth-order valence-corrected chi connectivity index (χ4v) is 1.99. The van der Waals surface area contributed by atoms with Crippen molar-refractivity contribution in [1.29, 1.82) is 0 Å². The molecule has 1 aromatic heterocycles. The van der Waals surface area contributed by atoms with Gasteiger partial charge in [0.2, 0.25) is 11.8 Å². The van der Waals surface area contributed by atoms with E-state index in [0.717, 1.165) is 11.8 Å². The molecule has 1 atom stereocenters. The third-order valence-corrected chi connectivity index (χ3v) is 3.21. The van der Waals surface area contributed by atoms with Crippen molar-refractivity contribution in [3.8, 4) is 0 Å². The lowest BCUT2D eigenvalue weighted by Gasteiger charge is -2.23. The lowest BCUT2D eigenvalue weighted by Crippen LogP contribution is -2.37. The van der Waals surface area contributed by atoms with Crippen LogP contribution in [0.1, 0.15) is 46.6 Å². The molecule has 0 aliphatic heterocycles. The van der Waals surface area contributed by atoms with Gasteiger partial charge in [0, 0.05) is 0 Å². The molecule has 22 heavy (non-hydrogen) atoms. The smallest absolute Gasteiger partial charge is 0.408 e. The Morgan fingerprint density at radius 2 is 2.00 bits per heavy atom. The highest BCUT2D eigenvalue weighted by Gasteiger charge is 2.27. The van der Waals surface area contributed by atoms with E-state index in [0.29, 0.717) is 0 Å². The number of carbonyl (C=O) groups excluding carboxylic acids is 2. The molecule has 0 bridgehead atoms. The maximum atomic E-state index is 11.9. The third-order valence-electron chi connectivity index (χ3n) is 2.36. The summed E-state index contributed by atoms with van der Waals surface area (Å²) >= 11 is 1.05. The number of alkyl carbamates (subject to hydrolysis) is 1. The summed E-state index contributed by atoms with van der Waals surface area (Å²) in [6.07, 6.45) is -0.560. The number of nitrogens with one attached hydrogen (secondary N) is 1. The van der Waals surface area contributed by atoms with Crippen molar-refractivity contribution in [2.45, 2.75) is 51.5 Å². The molecule has 0 spiro atoms. The first kappa shape index (κ1) is 18.3. The lowest BCUT2D eigenvalue weighted by molar-refractivity contribution is -0.115. The quantitative estimate of drug-likeness (QED) is 0.764. The van der Waals surface area contributed by atoms with Crippen LogP contribution in [0.4, 0.5) is 4.79 Å². The SMILES string of the molecule is CC(C)[C@@H](NC(=O)OC(C)(C)C)c1nnc(SCC(N)=O)o1. The van der Waals surface area contributed by atoms with E-state index in [-0.39, 0.29) is 22.8 Å². The minimum absolute atomic E-state index is 0.0157. The molecule has 0 aliphatic rings. The van der Waals surface area contributed by atoms with Crippen molar-refractivity contribution < 1.29 is 18.7 Å². The van der Waals surface area contributed by atoms with Crippen molar-refractivity contribution in [3.05, 3.63) is 5.89 Å². The molecule has 0 saturated heterocycles. The second kappa shape index (κ2) is 7.48. The predicted octanol–water partition coefficient (Wildman–Crippen LogP) is 1.87. The molecule has 124 valence electrons. The molecule has 1 heterocycles. The zero-order valence-electron chi connectivity index (χ0n) is 13.4. The minimum Gasteiger partial charge on any atom is -0.444 e. The highest BCUT2D eigenvalue weighted by Crippen LogP contribution is 2.24. The average Bonchev–Trinajstić information content (AvgIpc) is 2.79. The summed E-state index contributed by atoms with van der Waals surface area (Å²) in [5.74, 6) is -0.153. The highest BCUT2D eigenvalue weighted by molar-refractivity contribution is 7.99. The van der Waals surface area contributed by atoms with Gasteiger partial charge in [-0.25, -0.2) is 4.79 Å². The summed E-state index contributed by atoms with van der Waals surface area (Å²) in [6.45, 7) is 9.15. The highest BCUT2D eigenvalue weighted by atomic mass is 32.2. The van der Waals surface area contributed by atoms with Gasteiger partial charge in [-0.05, 0) is 26.7 Å². The maximum Gasteiger partial charge on any atom is 0.408 e. The summed E-state index contributed by atoms with van der Waals surface area (Å²) < 4.78 is 10.7. The Morgan fingerprint density at radius 1 is 1.36 bits per heavy atom. The van der Waals surface area contributed by atoms with Gasteiger partial charge in [0.05, 0.1) is 5.75 Å². The van der Waals surface area contributed by atoms with E-state index in [1.54, 1.807) is 20.8 Å². The average molecular weight is 330 g/mol. The fraction of sp³-hybridized carbons (Fsp3) is 0.692. The Kier molecular flexibility index (Phi) is 6.21. The Balaban J connectivity index is 2.75. The number of ether oxygens (including phenoxy) is 1. The molecule has 1 aromatic rings. The molecular weight excluding hydrogens is 308 g/mol. The third kappa shape index (κ3) is 6.33. The normalized spacial score (nSPS) is 13.0. The van der Waals surface area contributed by atoms with Crippen LogP contribution in [0.3, 0.4) is 0 Å². The second-order valence-electron chi connectivity index (χ2n) is 6.03. The Morgan fingerprint density at radius 3 is 2.50 bits per heavy atom. The number of hydrogen-bond donors (Lipinski definition) is 2.